The lowest BCUT2D eigenvalue weighted by Gasteiger charge is -2.19. The Balaban J connectivity index is 2.06. The van der Waals surface area contributed by atoms with Crippen LogP contribution in [-0.4, -0.2) is 0 Å². The van der Waals surface area contributed by atoms with Crippen LogP contribution in [0.4, 0.5) is 0 Å². The molecule has 1 fully saturated rings. The van der Waals surface area contributed by atoms with Gasteiger partial charge in [0, 0.05) is 0 Å². The molecule has 0 atom stereocenters. The third-order valence-electron chi connectivity index (χ3n) is 3.19. The predicted octanol–water partition coefficient (Wildman–Crippen LogP) is 2.98. The fraction of sp³-hybridized carbons (Fsp3) is 0.455. The SMILES string of the molecule is C1=CC2=CC3(CCC2=C1)CC3. The molecule has 0 unspecified atom stereocenters. The topological polar surface area (TPSA) is 0 Å². The molecule has 0 aromatic carbocycles. The molecule has 3 aliphatic carbocycles. The van der Waals surface area contributed by atoms with Crippen LogP contribution < -0.4 is 0 Å². The Labute approximate surface area is 67.3 Å². The third kappa shape index (κ3) is 0.756. The van der Waals surface area contributed by atoms with E-state index in [-0.39, 0.29) is 0 Å². The molecule has 56 valence electrons. The van der Waals surface area contributed by atoms with Gasteiger partial charge in [0.2, 0.25) is 0 Å². The third-order valence-corrected chi connectivity index (χ3v) is 3.19. The molecule has 0 amide bonds. The van der Waals surface area contributed by atoms with E-state index in [1.807, 2.05) is 0 Å². The van der Waals surface area contributed by atoms with Gasteiger partial charge in [-0.15, -0.1) is 0 Å². The van der Waals surface area contributed by atoms with Crippen LogP contribution in [-0.2, 0) is 0 Å². The molecule has 11 heavy (non-hydrogen) atoms. The van der Waals surface area contributed by atoms with Gasteiger partial charge in [-0.2, -0.15) is 0 Å². The largest absolute Gasteiger partial charge is 0.0707 e. The summed E-state index contributed by atoms with van der Waals surface area (Å²) in [6.07, 6.45) is 14.8. The first-order chi connectivity index (χ1) is 5.38. The summed E-state index contributed by atoms with van der Waals surface area (Å²) >= 11 is 0. The maximum atomic E-state index is 2.51. The molecule has 0 N–H and O–H groups in total. The summed E-state index contributed by atoms with van der Waals surface area (Å²) in [5.41, 5.74) is 3.76. The zero-order valence-electron chi connectivity index (χ0n) is 6.64. The van der Waals surface area contributed by atoms with Crippen molar-refractivity contribution in [2.24, 2.45) is 5.41 Å². The van der Waals surface area contributed by atoms with Crippen molar-refractivity contribution in [1.29, 1.82) is 0 Å². The van der Waals surface area contributed by atoms with Crippen molar-refractivity contribution < 1.29 is 0 Å². The van der Waals surface area contributed by atoms with Crippen molar-refractivity contribution in [2.45, 2.75) is 25.7 Å². The number of allylic oxidation sites excluding steroid dienone is 6. The molecule has 1 spiro atoms. The normalized spacial score (nSPS) is 29.8. The van der Waals surface area contributed by atoms with Crippen LogP contribution in [0.2, 0.25) is 0 Å². The number of hydrogen-bond acceptors (Lipinski definition) is 0. The maximum Gasteiger partial charge on any atom is -0.0105 e. The highest BCUT2D eigenvalue weighted by molar-refractivity contribution is 5.51. The van der Waals surface area contributed by atoms with Crippen LogP contribution in [0.25, 0.3) is 0 Å². The van der Waals surface area contributed by atoms with E-state index in [9.17, 15) is 0 Å². The Morgan fingerprint density at radius 2 is 2.09 bits per heavy atom. The minimum atomic E-state index is 0.668. The summed E-state index contributed by atoms with van der Waals surface area (Å²) in [7, 11) is 0. The maximum absolute atomic E-state index is 2.51. The van der Waals surface area contributed by atoms with E-state index in [4.69, 9.17) is 0 Å². The lowest BCUT2D eigenvalue weighted by molar-refractivity contribution is 0.563. The molecule has 0 heterocycles. The number of fused-ring (bicyclic) bond motifs is 1. The Morgan fingerprint density at radius 1 is 1.18 bits per heavy atom. The molecular weight excluding hydrogens is 132 g/mol. The smallest absolute Gasteiger partial charge is 0.0105 e. The van der Waals surface area contributed by atoms with Gasteiger partial charge < -0.3 is 0 Å². The van der Waals surface area contributed by atoms with E-state index in [1.165, 1.54) is 31.3 Å². The van der Waals surface area contributed by atoms with Crippen molar-refractivity contribution in [2.75, 3.05) is 0 Å². The highest BCUT2D eigenvalue weighted by Crippen LogP contribution is 2.55. The van der Waals surface area contributed by atoms with E-state index >= 15 is 0 Å². The van der Waals surface area contributed by atoms with Crippen LogP contribution >= 0.6 is 0 Å². The summed E-state index contributed by atoms with van der Waals surface area (Å²) in [4.78, 5) is 0. The van der Waals surface area contributed by atoms with Crippen molar-refractivity contribution in [3.63, 3.8) is 0 Å². The van der Waals surface area contributed by atoms with Gasteiger partial charge >= 0.3 is 0 Å². The number of hydrogen-bond donors (Lipinski definition) is 0. The molecule has 3 aliphatic rings. The van der Waals surface area contributed by atoms with E-state index < -0.39 is 0 Å². The first-order valence-corrected chi connectivity index (χ1v) is 4.49. The van der Waals surface area contributed by atoms with Crippen LogP contribution in [0.3, 0.4) is 0 Å². The average Bonchev–Trinajstić information content (AvgIpc) is 2.63. The molecule has 0 radical (unpaired) electrons. The second kappa shape index (κ2) is 1.69. The Morgan fingerprint density at radius 3 is 2.91 bits per heavy atom. The summed E-state index contributed by atoms with van der Waals surface area (Å²) in [5.74, 6) is 0. The fourth-order valence-electron chi connectivity index (χ4n) is 2.18. The lowest BCUT2D eigenvalue weighted by atomic mass is 9.86. The molecule has 0 aliphatic heterocycles. The first kappa shape index (κ1) is 5.82. The van der Waals surface area contributed by atoms with Gasteiger partial charge in [0.15, 0.2) is 0 Å². The highest BCUT2D eigenvalue weighted by atomic mass is 14.5. The summed E-state index contributed by atoms with van der Waals surface area (Å²) in [6, 6.07) is 0. The van der Waals surface area contributed by atoms with Gasteiger partial charge in [0.25, 0.3) is 0 Å². The van der Waals surface area contributed by atoms with Gasteiger partial charge in [-0.1, -0.05) is 24.3 Å². The van der Waals surface area contributed by atoms with Crippen molar-refractivity contribution in [1.82, 2.24) is 0 Å². The second-order valence-electron chi connectivity index (χ2n) is 4.01. The first-order valence-electron chi connectivity index (χ1n) is 4.49. The van der Waals surface area contributed by atoms with Crippen molar-refractivity contribution in [3.8, 4) is 0 Å². The molecule has 0 aromatic rings. The van der Waals surface area contributed by atoms with Crippen molar-refractivity contribution >= 4 is 0 Å². The second-order valence-corrected chi connectivity index (χ2v) is 4.01. The van der Waals surface area contributed by atoms with Gasteiger partial charge in [-0.25, -0.2) is 0 Å². The quantitative estimate of drug-likeness (QED) is 0.490. The molecule has 0 nitrogen and oxygen atoms in total. The summed E-state index contributed by atoms with van der Waals surface area (Å²) in [5, 5.41) is 0. The molecule has 0 bridgehead atoms. The molecular formula is C11H12. The average molecular weight is 144 g/mol. The minimum absolute atomic E-state index is 0.668. The molecule has 0 heteroatoms. The monoisotopic (exact) mass is 144 g/mol. The standard InChI is InChI=1S/C11H12/c1-2-9-4-5-11(6-7-11)8-10(9)3-1/h1-3,8H,4-7H2. The van der Waals surface area contributed by atoms with E-state index in [1.54, 1.807) is 5.57 Å². The Bertz CT molecular complexity index is 285. The Hall–Kier alpha value is -0.780. The Kier molecular flexibility index (Phi) is 0.892. The molecule has 0 saturated heterocycles. The zero-order valence-corrected chi connectivity index (χ0v) is 6.64. The summed E-state index contributed by atoms with van der Waals surface area (Å²) < 4.78 is 0. The minimum Gasteiger partial charge on any atom is -0.0707 e. The lowest BCUT2D eigenvalue weighted by Crippen LogP contribution is -2.04. The van der Waals surface area contributed by atoms with Crippen LogP contribution in [0.15, 0.2) is 35.5 Å². The zero-order chi connectivity index (χ0) is 7.31. The van der Waals surface area contributed by atoms with Gasteiger partial charge in [-0.3, -0.25) is 0 Å². The van der Waals surface area contributed by atoms with Gasteiger partial charge in [0.1, 0.15) is 0 Å². The van der Waals surface area contributed by atoms with Crippen LogP contribution in [0.1, 0.15) is 25.7 Å². The van der Waals surface area contributed by atoms with E-state index in [0.29, 0.717) is 5.41 Å². The van der Waals surface area contributed by atoms with Gasteiger partial charge in [0.05, 0.1) is 0 Å². The van der Waals surface area contributed by atoms with Gasteiger partial charge in [-0.05, 0) is 42.2 Å². The highest BCUT2D eigenvalue weighted by Gasteiger charge is 2.42. The van der Waals surface area contributed by atoms with E-state index in [0.717, 1.165) is 0 Å². The van der Waals surface area contributed by atoms with Crippen molar-refractivity contribution in [3.05, 3.63) is 35.5 Å². The molecule has 0 aromatic heterocycles. The predicted molar refractivity (Wildman–Crippen MR) is 46.2 cm³/mol. The molecule has 3 rings (SSSR count). The van der Waals surface area contributed by atoms with Crippen LogP contribution in [0.5, 0.6) is 0 Å². The molecule has 1 saturated carbocycles. The summed E-state index contributed by atoms with van der Waals surface area (Å²) in [6.45, 7) is 0. The van der Waals surface area contributed by atoms with Crippen LogP contribution in [0, 0.1) is 5.41 Å². The van der Waals surface area contributed by atoms with E-state index in [2.05, 4.69) is 24.3 Å². The number of rotatable bonds is 0. The fourth-order valence-corrected chi connectivity index (χ4v) is 2.18.